The molecule has 1 aromatic carbocycles. The molecule has 2 rings (SSSR count). The zero-order chi connectivity index (χ0) is 14.5. The maximum absolute atomic E-state index is 9.18. The van der Waals surface area contributed by atoms with Gasteiger partial charge in [-0.15, -0.1) is 11.3 Å². The Morgan fingerprint density at radius 3 is 2.80 bits per heavy atom. The monoisotopic (exact) mass is 290 g/mol. The Morgan fingerprint density at radius 1 is 1.30 bits per heavy atom. The SMILES string of the molecule is Cc1ccc(-c2csc(CCNCC(C)O)n2)cc1C. The molecule has 20 heavy (non-hydrogen) atoms. The van der Waals surface area contributed by atoms with Gasteiger partial charge in [-0.25, -0.2) is 4.98 Å². The predicted octanol–water partition coefficient (Wildman–Crippen LogP) is 2.94. The molecule has 1 atom stereocenters. The molecule has 0 aliphatic carbocycles. The third kappa shape index (κ3) is 4.13. The van der Waals surface area contributed by atoms with Gasteiger partial charge in [-0.05, 0) is 38.0 Å². The van der Waals surface area contributed by atoms with Crippen LogP contribution in [0.5, 0.6) is 0 Å². The van der Waals surface area contributed by atoms with Crippen LogP contribution < -0.4 is 5.32 Å². The van der Waals surface area contributed by atoms with E-state index in [0.29, 0.717) is 6.54 Å². The number of thiazole rings is 1. The first kappa shape index (κ1) is 15.2. The first-order valence-corrected chi connectivity index (χ1v) is 7.85. The third-order valence-electron chi connectivity index (χ3n) is 3.31. The molecule has 1 aromatic heterocycles. The van der Waals surface area contributed by atoms with Crippen molar-refractivity contribution in [3.8, 4) is 11.3 Å². The van der Waals surface area contributed by atoms with E-state index < -0.39 is 0 Å². The molecule has 4 heteroatoms. The predicted molar refractivity (Wildman–Crippen MR) is 85.3 cm³/mol. The van der Waals surface area contributed by atoms with Gasteiger partial charge in [0.15, 0.2) is 0 Å². The molecule has 0 aliphatic heterocycles. The second kappa shape index (κ2) is 6.97. The van der Waals surface area contributed by atoms with Gasteiger partial charge >= 0.3 is 0 Å². The first-order chi connectivity index (χ1) is 9.56. The van der Waals surface area contributed by atoms with Crippen LogP contribution >= 0.6 is 11.3 Å². The average molecular weight is 290 g/mol. The summed E-state index contributed by atoms with van der Waals surface area (Å²) in [6.07, 6.45) is 0.611. The molecular weight excluding hydrogens is 268 g/mol. The van der Waals surface area contributed by atoms with Crippen LogP contribution in [0.1, 0.15) is 23.1 Å². The van der Waals surface area contributed by atoms with Gasteiger partial charge in [0.1, 0.15) is 0 Å². The molecule has 2 aromatic rings. The van der Waals surface area contributed by atoms with E-state index in [1.165, 1.54) is 16.7 Å². The van der Waals surface area contributed by atoms with Crippen molar-refractivity contribution in [1.82, 2.24) is 10.3 Å². The van der Waals surface area contributed by atoms with Crippen molar-refractivity contribution in [3.05, 3.63) is 39.7 Å². The van der Waals surface area contributed by atoms with Crippen molar-refractivity contribution in [3.63, 3.8) is 0 Å². The topological polar surface area (TPSA) is 45.1 Å². The molecule has 0 aliphatic rings. The lowest BCUT2D eigenvalue weighted by Crippen LogP contribution is -2.26. The number of hydrogen-bond donors (Lipinski definition) is 2. The zero-order valence-electron chi connectivity index (χ0n) is 12.3. The van der Waals surface area contributed by atoms with Crippen molar-refractivity contribution >= 4 is 11.3 Å². The fourth-order valence-electron chi connectivity index (χ4n) is 1.97. The minimum absolute atomic E-state index is 0.294. The zero-order valence-corrected chi connectivity index (χ0v) is 13.1. The normalized spacial score (nSPS) is 12.6. The standard InChI is InChI=1S/C16H22N2OS/c1-11-4-5-14(8-12(11)2)15-10-20-16(18-15)6-7-17-9-13(3)19/h4-5,8,10,13,17,19H,6-7,9H2,1-3H3. The number of nitrogens with one attached hydrogen (secondary N) is 1. The van der Waals surface area contributed by atoms with Crippen molar-refractivity contribution in [2.45, 2.75) is 33.3 Å². The number of hydrogen-bond acceptors (Lipinski definition) is 4. The number of aromatic nitrogens is 1. The number of benzene rings is 1. The van der Waals surface area contributed by atoms with Crippen LogP contribution in [0, 0.1) is 13.8 Å². The molecule has 0 radical (unpaired) electrons. The van der Waals surface area contributed by atoms with E-state index in [1.807, 2.05) is 0 Å². The van der Waals surface area contributed by atoms with E-state index in [0.717, 1.165) is 23.7 Å². The third-order valence-corrected chi connectivity index (χ3v) is 4.22. The quantitative estimate of drug-likeness (QED) is 0.804. The highest BCUT2D eigenvalue weighted by atomic mass is 32.1. The van der Waals surface area contributed by atoms with E-state index in [2.05, 4.69) is 47.7 Å². The van der Waals surface area contributed by atoms with Gasteiger partial charge < -0.3 is 10.4 Å². The lowest BCUT2D eigenvalue weighted by Gasteiger charge is -2.05. The van der Waals surface area contributed by atoms with E-state index in [4.69, 9.17) is 0 Å². The minimum atomic E-state index is -0.294. The fourth-order valence-corrected chi connectivity index (χ4v) is 2.77. The largest absolute Gasteiger partial charge is 0.392 e. The molecule has 0 fully saturated rings. The summed E-state index contributed by atoms with van der Waals surface area (Å²) in [6.45, 7) is 7.53. The Bertz CT molecular complexity index is 563. The van der Waals surface area contributed by atoms with Crippen LogP contribution in [0.15, 0.2) is 23.6 Å². The van der Waals surface area contributed by atoms with Gasteiger partial charge in [-0.3, -0.25) is 0 Å². The summed E-state index contributed by atoms with van der Waals surface area (Å²) in [5.74, 6) is 0. The Hall–Kier alpha value is -1.23. The van der Waals surface area contributed by atoms with E-state index in [9.17, 15) is 5.11 Å². The summed E-state index contributed by atoms with van der Waals surface area (Å²) < 4.78 is 0. The van der Waals surface area contributed by atoms with Crippen molar-refractivity contribution in [2.75, 3.05) is 13.1 Å². The van der Waals surface area contributed by atoms with Gasteiger partial charge in [0, 0.05) is 30.5 Å². The molecule has 0 saturated carbocycles. The van der Waals surface area contributed by atoms with Crippen molar-refractivity contribution in [1.29, 1.82) is 0 Å². The summed E-state index contributed by atoms with van der Waals surface area (Å²) in [6, 6.07) is 6.47. The van der Waals surface area contributed by atoms with Gasteiger partial charge in [-0.2, -0.15) is 0 Å². The van der Waals surface area contributed by atoms with E-state index in [-0.39, 0.29) is 6.10 Å². The second-order valence-electron chi connectivity index (χ2n) is 5.23. The van der Waals surface area contributed by atoms with Crippen LogP contribution in [0.3, 0.4) is 0 Å². The fraction of sp³-hybridized carbons (Fsp3) is 0.438. The highest BCUT2D eigenvalue weighted by Crippen LogP contribution is 2.24. The van der Waals surface area contributed by atoms with Gasteiger partial charge in [0.2, 0.25) is 0 Å². The molecule has 0 amide bonds. The van der Waals surface area contributed by atoms with Crippen LogP contribution in [0.25, 0.3) is 11.3 Å². The van der Waals surface area contributed by atoms with E-state index in [1.54, 1.807) is 18.3 Å². The first-order valence-electron chi connectivity index (χ1n) is 6.97. The van der Waals surface area contributed by atoms with Crippen LogP contribution in [0.2, 0.25) is 0 Å². The van der Waals surface area contributed by atoms with Crippen LogP contribution in [-0.2, 0) is 6.42 Å². The number of nitrogens with zero attached hydrogens (tertiary/aromatic N) is 1. The molecule has 1 unspecified atom stereocenters. The Morgan fingerprint density at radius 2 is 2.10 bits per heavy atom. The van der Waals surface area contributed by atoms with Crippen molar-refractivity contribution < 1.29 is 5.11 Å². The minimum Gasteiger partial charge on any atom is -0.392 e. The molecule has 0 saturated heterocycles. The smallest absolute Gasteiger partial charge is 0.0945 e. The molecule has 108 valence electrons. The molecule has 0 bridgehead atoms. The Kier molecular flexibility index (Phi) is 5.29. The summed E-state index contributed by atoms with van der Waals surface area (Å²) in [4.78, 5) is 4.68. The molecular formula is C16H22N2OS. The molecule has 3 nitrogen and oxygen atoms in total. The number of aliphatic hydroxyl groups is 1. The second-order valence-corrected chi connectivity index (χ2v) is 6.17. The number of aliphatic hydroxyl groups excluding tert-OH is 1. The lowest BCUT2D eigenvalue weighted by atomic mass is 10.1. The number of aryl methyl sites for hydroxylation is 2. The van der Waals surface area contributed by atoms with Crippen molar-refractivity contribution in [2.24, 2.45) is 0 Å². The van der Waals surface area contributed by atoms with Crippen LogP contribution in [0.4, 0.5) is 0 Å². The Balaban J connectivity index is 1.96. The molecule has 2 N–H and O–H groups in total. The maximum atomic E-state index is 9.18. The number of rotatable bonds is 6. The van der Waals surface area contributed by atoms with Gasteiger partial charge in [0.05, 0.1) is 16.8 Å². The summed E-state index contributed by atoms with van der Waals surface area (Å²) in [5, 5.41) is 15.6. The van der Waals surface area contributed by atoms with E-state index >= 15 is 0 Å². The Labute approximate surface area is 124 Å². The van der Waals surface area contributed by atoms with Crippen LogP contribution in [-0.4, -0.2) is 29.3 Å². The highest BCUT2D eigenvalue weighted by Gasteiger charge is 2.05. The maximum Gasteiger partial charge on any atom is 0.0945 e. The van der Waals surface area contributed by atoms with Gasteiger partial charge in [0.25, 0.3) is 0 Å². The summed E-state index contributed by atoms with van der Waals surface area (Å²) >= 11 is 1.70. The molecule has 0 spiro atoms. The average Bonchev–Trinajstić information content (AvgIpc) is 2.86. The van der Waals surface area contributed by atoms with Gasteiger partial charge in [-0.1, -0.05) is 12.1 Å². The summed E-state index contributed by atoms with van der Waals surface area (Å²) in [7, 11) is 0. The highest BCUT2D eigenvalue weighted by molar-refractivity contribution is 7.09. The molecule has 1 heterocycles. The summed E-state index contributed by atoms with van der Waals surface area (Å²) in [5.41, 5.74) is 4.86. The lowest BCUT2D eigenvalue weighted by molar-refractivity contribution is 0.191.